The zero-order valence-electron chi connectivity index (χ0n) is 52.0. The molecule has 0 radical (unpaired) electrons. The molecule has 0 aromatic rings. The lowest BCUT2D eigenvalue weighted by molar-refractivity contribution is -0.301. The Morgan fingerprint density at radius 3 is 1.12 bits per heavy atom. The number of ether oxygens (including phenoxy) is 5. The Morgan fingerprint density at radius 2 is 0.729 bits per heavy atom. The average molecular weight is 1180 g/mol. The zero-order chi connectivity index (χ0) is 61.7. The molecule has 1 aliphatic heterocycles. The smallest absolute Gasteiger partial charge is 0.335 e. The molecule has 85 heavy (non-hydrogen) atoms. The van der Waals surface area contributed by atoms with Gasteiger partial charge in [0.05, 0.1) is 6.61 Å². The van der Waals surface area contributed by atoms with Crippen LogP contribution < -0.4 is 0 Å². The summed E-state index contributed by atoms with van der Waals surface area (Å²) in [5.41, 5.74) is 0. The second-order valence-corrected chi connectivity index (χ2v) is 20.5. The third-order valence-electron chi connectivity index (χ3n) is 13.0. The van der Waals surface area contributed by atoms with Crippen LogP contribution in [0.3, 0.4) is 0 Å². The lowest BCUT2D eigenvalue weighted by Crippen LogP contribution is -2.61. The molecule has 0 aliphatic carbocycles. The van der Waals surface area contributed by atoms with Crippen molar-refractivity contribution in [1.29, 1.82) is 0 Å². The van der Waals surface area contributed by atoms with E-state index in [0.29, 0.717) is 25.7 Å². The number of carboxylic acids is 1. The molecule has 12 heteroatoms. The van der Waals surface area contributed by atoms with E-state index < -0.39 is 67.3 Å². The van der Waals surface area contributed by atoms with Crippen LogP contribution in [0.4, 0.5) is 0 Å². The maximum atomic E-state index is 13.2. The number of carboxylic acid groups (broad SMARTS) is 1. The second-order valence-electron chi connectivity index (χ2n) is 20.5. The molecular weight excluding hydrogens is 1070 g/mol. The first kappa shape index (κ1) is 76.8. The largest absolute Gasteiger partial charge is 0.479 e. The third kappa shape index (κ3) is 47.7. The molecule has 1 fully saturated rings. The summed E-state index contributed by atoms with van der Waals surface area (Å²) in [4.78, 5) is 51.3. The van der Waals surface area contributed by atoms with Gasteiger partial charge in [-0.3, -0.25) is 14.4 Å². The van der Waals surface area contributed by atoms with Crippen LogP contribution in [0, 0.1) is 0 Å². The van der Waals surface area contributed by atoms with Crippen molar-refractivity contribution in [3.63, 3.8) is 0 Å². The van der Waals surface area contributed by atoms with Crippen molar-refractivity contribution in [3.8, 4) is 0 Å². The number of allylic oxidation sites excluding steroid dienone is 30. The summed E-state index contributed by atoms with van der Waals surface area (Å²) in [7, 11) is 0. The first-order chi connectivity index (χ1) is 41.6. The monoisotopic (exact) mass is 1180 g/mol. The van der Waals surface area contributed by atoms with Crippen LogP contribution in [-0.2, 0) is 42.9 Å². The van der Waals surface area contributed by atoms with E-state index in [2.05, 4.69) is 191 Å². The highest BCUT2D eigenvalue weighted by atomic mass is 16.7. The van der Waals surface area contributed by atoms with E-state index >= 15 is 0 Å². The van der Waals surface area contributed by atoms with Crippen molar-refractivity contribution in [2.75, 3.05) is 13.2 Å². The van der Waals surface area contributed by atoms with E-state index in [1.807, 2.05) is 12.2 Å². The second kappa shape index (κ2) is 58.2. The summed E-state index contributed by atoms with van der Waals surface area (Å²) in [6.45, 7) is 5.54. The molecule has 6 atom stereocenters. The molecule has 1 aliphatic rings. The van der Waals surface area contributed by atoms with Crippen LogP contribution in [0.2, 0.25) is 0 Å². The number of hydrogen-bond acceptors (Lipinski definition) is 11. The maximum Gasteiger partial charge on any atom is 0.335 e. The van der Waals surface area contributed by atoms with E-state index in [4.69, 9.17) is 23.7 Å². The summed E-state index contributed by atoms with van der Waals surface area (Å²) >= 11 is 0. The first-order valence-electron chi connectivity index (χ1n) is 31.8. The van der Waals surface area contributed by atoms with Crippen molar-refractivity contribution in [1.82, 2.24) is 0 Å². The molecule has 0 aromatic carbocycles. The van der Waals surface area contributed by atoms with Gasteiger partial charge in [-0.05, 0) is 141 Å². The van der Waals surface area contributed by atoms with E-state index in [1.54, 1.807) is 0 Å². The number of esters is 3. The van der Waals surface area contributed by atoms with Crippen LogP contribution in [0.5, 0.6) is 0 Å². The third-order valence-corrected chi connectivity index (χ3v) is 13.0. The Bertz CT molecular complexity index is 2180. The van der Waals surface area contributed by atoms with Crippen molar-refractivity contribution in [2.45, 2.75) is 237 Å². The number of aliphatic carboxylic acids is 1. The predicted molar refractivity (Wildman–Crippen MR) is 348 cm³/mol. The van der Waals surface area contributed by atoms with Gasteiger partial charge in [-0.1, -0.05) is 222 Å². The molecule has 0 spiro atoms. The molecule has 1 rings (SSSR count). The molecule has 1 heterocycles. The number of carbonyl (C=O) groups excluding carboxylic acids is 3. The SMILES string of the molecule is CC/C=C\C/C=C\C/C=C\C/C=C\C/C=C\C/C=C\CCC(=O)OCC(COC1OC(C(=O)O)C(O)C(O)C1OC(=O)CCCCCC/C=C\C/C=C\C/C=C\C/C=C\CC)OC(=O)CCCCC/C=C\C/C=C\C/C=C\C/C=C\C/C=C\CC. The fourth-order valence-corrected chi connectivity index (χ4v) is 8.23. The van der Waals surface area contributed by atoms with Crippen LogP contribution in [0.15, 0.2) is 182 Å². The van der Waals surface area contributed by atoms with Crippen molar-refractivity contribution in [2.24, 2.45) is 0 Å². The molecule has 0 aromatic heterocycles. The van der Waals surface area contributed by atoms with Gasteiger partial charge in [0.15, 0.2) is 24.6 Å². The van der Waals surface area contributed by atoms with Gasteiger partial charge in [0.1, 0.15) is 18.8 Å². The van der Waals surface area contributed by atoms with Crippen LogP contribution in [0.25, 0.3) is 0 Å². The van der Waals surface area contributed by atoms with Gasteiger partial charge >= 0.3 is 23.9 Å². The predicted octanol–water partition coefficient (Wildman–Crippen LogP) is 17.2. The van der Waals surface area contributed by atoms with Gasteiger partial charge < -0.3 is 39.0 Å². The van der Waals surface area contributed by atoms with Crippen molar-refractivity contribution in [3.05, 3.63) is 182 Å². The van der Waals surface area contributed by atoms with Crippen LogP contribution in [-0.4, -0.2) is 89.2 Å². The Kier molecular flexibility index (Phi) is 52.6. The number of rotatable bonds is 51. The van der Waals surface area contributed by atoms with Gasteiger partial charge in [0, 0.05) is 19.3 Å². The normalized spacial score (nSPS) is 18.7. The standard InChI is InChI=1S/C73H108O12/c1-4-7-10-13-16-19-22-25-28-31-33-36-38-41-44-47-50-53-56-59-65(74)81-62-64(83-66(75)60-57-54-51-48-45-42-40-37-34-32-29-26-23-20-17-14-11-8-5-2)63-82-73-71(69(78)68(77)70(85-73)72(79)80)84-67(76)61-58-55-52-49-46-43-39-35-30-27-24-21-18-15-12-9-6-3/h7-12,16-21,25-30,33-34,36-37,39,41-45,50,53,64,68-71,73,77-78H,4-6,13-15,22-24,31-32,35,38,40,46-49,51-52,54-63H2,1-3H3,(H,79,80)/b10-7-,11-8-,12-9-,19-16-,20-17-,21-18-,28-25-,29-26-,30-27-,36-33-,37-34-,43-39-,44-41-,45-42-,53-50-. The fraction of sp³-hybridized carbons (Fsp3) is 0.534. The number of carbonyl (C=O) groups is 4. The average Bonchev–Trinajstić information content (AvgIpc) is 3.46. The van der Waals surface area contributed by atoms with Crippen molar-refractivity contribution < 1.29 is 58.2 Å². The van der Waals surface area contributed by atoms with Gasteiger partial charge in [-0.25, -0.2) is 4.79 Å². The number of aliphatic hydroxyl groups excluding tert-OH is 2. The van der Waals surface area contributed by atoms with E-state index in [-0.39, 0.29) is 25.9 Å². The number of aliphatic hydroxyl groups is 2. The summed E-state index contributed by atoms with van der Waals surface area (Å²) < 4.78 is 28.4. The van der Waals surface area contributed by atoms with Crippen LogP contribution >= 0.6 is 0 Å². The summed E-state index contributed by atoms with van der Waals surface area (Å²) in [5, 5.41) is 31.6. The number of unbranched alkanes of at least 4 members (excludes halogenated alkanes) is 7. The Hall–Kier alpha value is -6.18. The molecular formula is C73H108O12. The molecule has 3 N–H and O–H groups in total. The molecule has 472 valence electrons. The summed E-state index contributed by atoms with van der Waals surface area (Å²) in [6, 6.07) is 0. The highest BCUT2D eigenvalue weighted by molar-refractivity contribution is 5.74. The van der Waals surface area contributed by atoms with E-state index in [9.17, 15) is 34.5 Å². The van der Waals surface area contributed by atoms with Gasteiger partial charge in [0.25, 0.3) is 0 Å². The minimum Gasteiger partial charge on any atom is -0.479 e. The molecule has 0 amide bonds. The Balaban J connectivity index is 2.78. The molecule has 1 saturated heterocycles. The zero-order valence-corrected chi connectivity index (χ0v) is 52.0. The van der Waals surface area contributed by atoms with Gasteiger partial charge in [-0.15, -0.1) is 0 Å². The lowest BCUT2D eigenvalue weighted by atomic mass is 9.98. The van der Waals surface area contributed by atoms with Crippen molar-refractivity contribution >= 4 is 23.9 Å². The highest BCUT2D eigenvalue weighted by Crippen LogP contribution is 2.26. The summed E-state index contributed by atoms with van der Waals surface area (Å²) in [5.74, 6) is -3.34. The molecule has 0 saturated carbocycles. The van der Waals surface area contributed by atoms with Gasteiger partial charge in [0.2, 0.25) is 0 Å². The molecule has 12 nitrogen and oxygen atoms in total. The summed E-state index contributed by atoms with van der Waals surface area (Å²) in [6.07, 6.45) is 75.7. The Morgan fingerprint density at radius 1 is 0.388 bits per heavy atom. The Labute approximate surface area is 512 Å². The van der Waals surface area contributed by atoms with Gasteiger partial charge in [-0.2, -0.15) is 0 Å². The minimum absolute atomic E-state index is 0.00937. The molecule has 0 bridgehead atoms. The van der Waals surface area contributed by atoms with E-state index in [1.165, 1.54) is 0 Å². The quantitative estimate of drug-likeness (QED) is 0.0228. The topological polar surface area (TPSA) is 175 Å². The first-order valence-corrected chi connectivity index (χ1v) is 31.8. The molecule has 6 unspecified atom stereocenters. The van der Waals surface area contributed by atoms with E-state index in [0.717, 1.165) is 135 Å². The maximum absolute atomic E-state index is 13.2. The lowest BCUT2D eigenvalue weighted by Gasteiger charge is -2.40. The highest BCUT2D eigenvalue weighted by Gasteiger charge is 2.50. The van der Waals surface area contributed by atoms with Crippen LogP contribution in [0.1, 0.15) is 201 Å². The minimum atomic E-state index is -1.94. The number of hydrogen-bond donors (Lipinski definition) is 3. The fourth-order valence-electron chi connectivity index (χ4n) is 8.23.